The lowest BCUT2D eigenvalue weighted by Crippen LogP contribution is -2.39. The van der Waals surface area contributed by atoms with Crippen molar-refractivity contribution < 1.29 is 5.11 Å². The first-order valence-corrected chi connectivity index (χ1v) is 5.13. The minimum absolute atomic E-state index is 0.120. The number of rotatable bonds is 2. The predicted octanol–water partition coefficient (Wildman–Crippen LogP) is -0.0289. The van der Waals surface area contributed by atoms with Gasteiger partial charge in [-0.3, -0.25) is 4.90 Å². The highest BCUT2D eigenvalue weighted by atomic mass is 16.3. The number of β-amino-alcohol motifs (C(OH)–C–C–N with tert-alkyl or cyclic N) is 1. The van der Waals surface area contributed by atoms with Crippen molar-refractivity contribution in [1.82, 2.24) is 10.2 Å². The zero-order valence-electron chi connectivity index (χ0n) is 7.95. The Bertz CT molecular complexity index is 193. The van der Waals surface area contributed by atoms with Crippen LogP contribution in [0, 0.1) is 0 Å². The number of aliphatic hydroxyl groups excluding tert-OH is 1. The summed E-state index contributed by atoms with van der Waals surface area (Å²) in [4.78, 5) is 2.44. The van der Waals surface area contributed by atoms with Crippen LogP contribution in [0.25, 0.3) is 0 Å². The monoisotopic (exact) mass is 182 g/mol. The van der Waals surface area contributed by atoms with E-state index in [1.54, 1.807) is 0 Å². The molecule has 2 aliphatic rings. The van der Waals surface area contributed by atoms with E-state index in [0.29, 0.717) is 6.04 Å². The lowest BCUT2D eigenvalue weighted by atomic mass is 10.1. The lowest BCUT2D eigenvalue weighted by molar-refractivity contribution is 0.188. The highest BCUT2D eigenvalue weighted by Crippen LogP contribution is 2.09. The van der Waals surface area contributed by atoms with E-state index in [0.717, 1.165) is 26.1 Å². The van der Waals surface area contributed by atoms with E-state index in [4.69, 9.17) is 0 Å². The van der Waals surface area contributed by atoms with Crippen molar-refractivity contribution in [3.8, 4) is 0 Å². The van der Waals surface area contributed by atoms with E-state index in [-0.39, 0.29) is 6.10 Å². The van der Waals surface area contributed by atoms with Crippen molar-refractivity contribution in [1.29, 1.82) is 0 Å². The molecular formula is C10H18N2O. The summed E-state index contributed by atoms with van der Waals surface area (Å²) < 4.78 is 0. The summed E-state index contributed by atoms with van der Waals surface area (Å²) in [6.45, 7) is 4.11. The highest BCUT2D eigenvalue weighted by molar-refractivity contribution is 4.93. The third-order valence-corrected chi connectivity index (χ3v) is 2.82. The Kier molecular flexibility index (Phi) is 2.98. The van der Waals surface area contributed by atoms with Gasteiger partial charge < -0.3 is 10.4 Å². The van der Waals surface area contributed by atoms with Gasteiger partial charge in [0.1, 0.15) is 0 Å². The summed E-state index contributed by atoms with van der Waals surface area (Å²) in [5.41, 5.74) is 0. The molecule has 0 spiro atoms. The molecule has 13 heavy (non-hydrogen) atoms. The second-order valence-corrected chi connectivity index (χ2v) is 4.01. The van der Waals surface area contributed by atoms with Crippen molar-refractivity contribution in [3.05, 3.63) is 12.2 Å². The molecule has 2 unspecified atom stereocenters. The van der Waals surface area contributed by atoms with Gasteiger partial charge in [0.05, 0.1) is 6.10 Å². The van der Waals surface area contributed by atoms with E-state index >= 15 is 0 Å². The second-order valence-electron chi connectivity index (χ2n) is 4.01. The van der Waals surface area contributed by atoms with E-state index in [9.17, 15) is 5.11 Å². The van der Waals surface area contributed by atoms with Gasteiger partial charge in [0.15, 0.2) is 0 Å². The topological polar surface area (TPSA) is 35.5 Å². The van der Waals surface area contributed by atoms with Gasteiger partial charge in [-0.1, -0.05) is 12.2 Å². The maximum absolute atomic E-state index is 9.33. The van der Waals surface area contributed by atoms with Crippen LogP contribution in [0.5, 0.6) is 0 Å². The number of hydrogen-bond donors (Lipinski definition) is 2. The quantitative estimate of drug-likeness (QED) is 0.589. The first-order chi connectivity index (χ1) is 6.34. The Morgan fingerprint density at radius 1 is 1.46 bits per heavy atom. The van der Waals surface area contributed by atoms with Crippen molar-refractivity contribution in [2.45, 2.75) is 25.0 Å². The van der Waals surface area contributed by atoms with Crippen LogP contribution in [-0.2, 0) is 0 Å². The average molecular weight is 182 g/mol. The molecule has 3 heteroatoms. The van der Waals surface area contributed by atoms with Crippen LogP contribution in [-0.4, -0.2) is 48.3 Å². The third kappa shape index (κ3) is 2.53. The van der Waals surface area contributed by atoms with Gasteiger partial charge in [-0.2, -0.15) is 0 Å². The Hall–Kier alpha value is -0.380. The Labute approximate surface area is 79.4 Å². The standard InChI is InChI=1S/C10H18N2O/c13-10-6-9(11-7-10)8-12-4-2-1-3-5-12/h1-2,9-11,13H,3-8H2. The molecule has 2 N–H and O–H groups in total. The van der Waals surface area contributed by atoms with E-state index in [1.165, 1.54) is 13.0 Å². The molecule has 2 rings (SSSR count). The van der Waals surface area contributed by atoms with Gasteiger partial charge in [0.25, 0.3) is 0 Å². The van der Waals surface area contributed by atoms with Gasteiger partial charge in [0, 0.05) is 32.2 Å². The van der Waals surface area contributed by atoms with Crippen LogP contribution in [0.15, 0.2) is 12.2 Å². The molecule has 0 aliphatic carbocycles. The Morgan fingerprint density at radius 2 is 2.38 bits per heavy atom. The Balaban J connectivity index is 1.74. The van der Waals surface area contributed by atoms with Gasteiger partial charge in [-0.25, -0.2) is 0 Å². The molecule has 2 atom stereocenters. The van der Waals surface area contributed by atoms with E-state index < -0.39 is 0 Å². The summed E-state index contributed by atoms with van der Waals surface area (Å²) in [7, 11) is 0. The van der Waals surface area contributed by atoms with Crippen LogP contribution in [0.3, 0.4) is 0 Å². The molecule has 1 fully saturated rings. The molecule has 0 aromatic heterocycles. The van der Waals surface area contributed by atoms with Gasteiger partial charge in [-0.05, 0) is 12.8 Å². The first-order valence-electron chi connectivity index (χ1n) is 5.13. The molecule has 0 amide bonds. The molecule has 2 heterocycles. The summed E-state index contributed by atoms with van der Waals surface area (Å²) in [6, 6.07) is 0.501. The minimum Gasteiger partial charge on any atom is -0.392 e. The maximum atomic E-state index is 9.33. The van der Waals surface area contributed by atoms with E-state index in [2.05, 4.69) is 22.4 Å². The fourth-order valence-electron chi connectivity index (χ4n) is 2.10. The number of nitrogens with zero attached hydrogens (tertiary/aromatic N) is 1. The van der Waals surface area contributed by atoms with Crippen LogP contribution in [0.2, 0.25) is 0 Å². The largest absolute Gasteiger partial charge is 0.392 e. The van der Waals surface area contributed by atoms with Crippen molar-refractivity contribution in [3.63, 3.8) is 0 Å². The molecule has 0 radical (unpaired) electrons. The van der Waals surface area contributed by atoms with Crippen LogP contribution >= 0.6 is 0 Å². The zero-order chi connectivity index (χ0) is 9.10. The molecule has 1 saturated heterocycles. The number of hydrogen-bond acceptors (Lipinski definition) is 3. The zero-order valence-corrected chi connectivity index (χ0v) is 7.95. The van der Waals surface area contributed by atoms with Crippen LogP contribution in [0.4, 0.5) is 0 Å². The van der Waals surface area contributed by atoms with Crippen molar-refractivity contribution in [2.75, 3.05) is 26.2 Å². The number of aliphatic hydroxyl groups is 1. The molecule has 0 aromatic carbocycles. The normalized spacial score (nSPS) is 35.5. The van der Waals surface area contributed by atoms with Gasteiger partial charge in [0.2, 0.25) is 0 Å². The minimum atomic E-state index is -0.120. The van der Waals surface area contributed by atoms with E-state index in [1.807, 2.05) is 0 Å². The fraction of sp³-hybridized carbons (Fsp3) is 0.800. The van der Waals surface area contributed by atoms with Crippen LogP contribution < -0.4 is 5.32 Å². The molecule has 0 bridgehead atoms. The summed E-state index contributed by atoms with van der Waals surface area (Å²) >= 11 is 0. The summed E-state index contributed by atoms with van der Waals surface area (Å²) in [5.74, 6) is 0. The van der Waals surface area contributed by atoms with Crippen LogP contribution in [0.1, 0.15) is 12.8 Å². The molecule has 74 valence electrons. The summed E-state index contributed by atoms with van der Waals surface area (Å²) in [6.07, 6.45) is 6.45. The first kappa shape index (κ1) is 9.19. The molecular weight excluding hydrogens is 164 g/mol. The highest BCUT2D eigenvalue weighted by Gasteiger charge is 2.23. The molecule has 0 saturated carbocycles. The fourth-order valence-corrected chi connectivity index (χ4v) is 2.10. The van der Waals surface area contributed by atoms with Crippen molar-refractivity contribution in [2.24, 2.45) is 0 Å². The SMILES string of the molecule is OC1CNC(CN2CC=CCC2)C1. The molecule has 2 aliphatic heterocycles. The Morgan fingerprint density at radius 3 is 3.00 bits per heavy atom. The summed E-state index contributed by atoms with van der Waals surface area (Å²) in [5, 5.41) is 12.7. The predicted molar refractivity (Wildman–Crippen MR) is 52.6 cm³/mol. The van der Waals surface area contributed by atoms with Gasteiger partial charge >= 0.3 is 0 Å². The number of nitrogens with one attached hydrogen (secondary N) is 1. The van der Waals surface area contributed by atoms with Crippen molar-refractivity contribution >= 4 is 0 Å². The molecule has 0 aromatic rings. The average Bonchev–Trinajstić information content (AvgIpc) is 2.53. The lowest BCUT2D eigenvalue weighted by Gasteiger charge is -2.26. The third-order valence-electron chi connectivity index (χ3n) is 2.82. The second kappa shape index (κ2) is 4.22. The smallest absolute Gasteiger partial charge is 0.0680 e. The van der Waals surface area contributed by atoms with Gasteiger partial charge in [-0.15, -0.1) is 0 Å². The maximum Gasteiger partial charge on any atom is 0.0680 e. The molecule has 3 nitrogen and oxygen atoms in total.